The smallest absolute Gasteiger partial charge is 0.325 e. The Morgan fingerprint density at radius 3 is 2.62 bits per heavy atom. The highest BCUT2D eigenvalue weighted by atomic mass is 19.1. The van der Waals surface area contributed by atoms with Crippen LogP contribution in [0.1, 0.15) is 39.3 Å². The van der Waals surface area contributed by atoms with Crippen molar-refractivity contribution in [2.75, 3.05) is 13.2 Å². The summed E-state index contributed by atoms with van der Waals surface area (Å²) in [6.45, 7) is 4.13. The number of imide groups is 1. The Kier molecular flexibility index (Phi) is 5.23. The highest BCUT2D eigenvalue weighted by Gasteiger charge is 2.55. The molecule has 2 aliphatic rings. The third-order valence-corrected chi connectivity index (χ3v) is 6.69. The summed E-state index contributed by atoms with van der Waals surface area (Å²) in [7, 11) is 0. The second-order valence-electron chi connectivity index (χ2n) is 8.74. The van der Waals surface area contributed by atoms with Crippen molar-refractivity contribution in [3.63, 3.8) is 0 Å². The van der Waals surface area contributed by atoms with Crippen molar-refractivity contribution >= 4 is 17.7 Å². The van der Waals surface area contributed by atoms with Crippen LogP contribution in [0.3, 0.4) is 0 Å². The summed E-state index contributed by atoms with van der Waals surface area (Å²) < 4.78 is 20.9. The Morgan fingerprint density at radius 1 is 1.12 bits per heavy atom. The number of amides is 3. The Hall–Kier alpha value is -3.94. The second-order valence-corrected chi connectivity index (χ2v) is 8.74. The number of fused-ring (bicyclic) bond motifs is 2. The van der Waals surface area contributed by atoms with Crippen LogP contribution in [0, 0.1) is 19.7 Å². The summed E-state index contributed by atoms with van der Waals surface area (Å²) in [5.74, 6) is -0.514. The predicted molar refractivity (Wildman–Crippen MR) is 122 cm³/mol. The zero-order chi connectivity index (χ0) is 24.0. The predicted octanol–water partition coefficient (Wildman–Crippen LogP) is 3.70. The van der Waals surface area contributed by atoms with E-state index in [-0.39, 0.29) is 24.8 Å². The van der Waals surface area contributed by atoms with Crippen molar-refractivity contribution in [2.45, 2.75) is 32.4 Å². The van der Waals surface area contributed by atoms with E-state index in [0.717, 1.165) is 21.9 Å². The zero-order valence-electron chi connectivity index (χ0n) is 18.9. The SMILES string of the molecule is Cc1cc(C(=O)CN2C(=O)N[C@]3(CCOc4ccccc43)C2=O)c(C)n1Cc1ccc(F)cc1. The molecule has 1 N–H and O–H groups in total. The van der Waals surface area contributed by atoms with Crippen LogP contribution < -0.4 is 10.1 Å². The first-order valence-electron chi connectivity index (χ1n) is 11.1. The van der Waals surface area contributed by atoms with Gasteiger partial charge in [-0.2, -0.15) is 0 Å². The number of urea groups is 1. The number of ether oxygens (including phenoxy) is 1. The van der Waals surface area contributed by atoms with Crippen molar-refractivity contribution in [3.05, 3.63) is 88.5 Å². The Balaban J connectivity index is 1.39. The lowest BCUT2D eigenvalue weighted by Crippen LogP contribution is -2.47. The second kappa shape index (κ2) is 8.13. The number of rotatable bonds is 5. The molecule has 3 aromatic rings. The minimum Gasteiger partial charge on any atom is -0.493 e. The van der Waals surface area contributed by atoms with Crippen LogP contribution in [-0.4, -0.2) is 40.3 Å². The molecule has 0 bridgehead atoms. The molecule has 0 radical (unpaired) electrons. The van der Waals surface area contributed by atoms with Gasteiger partial charge in [-0.1, -0.05) is 30.3 Å². The molecule has 0 unspecified atom stereocenters. The van der Waals surface area contributed by atoms with Crippen LogP contribution >= 0.6 is 0 Å². The number of benzene rings is 2. The highest BCUT2D eigenvalue weighted by molar-refractivity contribution is 6.12. The molecular weight excluding hydrogens is 437 g/mol. The van der Waals surface area contributed by atoms with Crippen molar-refractivity contribution in [1.29, 1.82) is 0 Å². The first-order chi connectivity index (χ1) is 16.3. The van der Waals surface area contributed by atoms with Gasteiger partial charge in [0.15, 0.2) is 11.3 Å². The molecule has 1 atom stereocenters. The Morgan fingerprint density at radius 2 is 1.85 bits per heavy atom. The van der Waals surface area contributed by atoms with Gasteiger partial charge in [-0.05, 0) is 43.7 Å². The molecule has 5 rings (SSSR count). The van der Waals surface area contributed by atoms with Gasteiger partial charge in [0.05, 0.1) is 13.2 Å². The zero-order valence-corrected chi connectivity index (χ0v) is 18.9. The van der Waals surface area contributed by atoms with Crippen LogP contribution in [0.5, 0.6) is 5.75 Å². The topological polar surface area (TPSA) is 80.6 Å². The summed E-state index contributed by atoms with van der Waals surface area (Å²) in [5.41, 5.74) is 2.32. The molecular formula is C26H24FN3O4. The van der Waals surface area contributed by atoms with E-state index in [9.17, 15) is 18.8 Å². The summed E-state index contributed by atoms with van der Waals surface area (Å²) in [4.78, 5) is 40.5. The number of Topliss-reactive ketones (excluding diaryl/α,β-unsaturated/α-hetero) is 1. The molecule has 1 aromatic heterocycles. The van der Waals surface area contributed by atoms with Gasteiger partial charge in [0.1, 0.15) is 11.6 Å². The van der Waals surface area contributed by atoms with Crippen molar-refractivity contribution in [1.82, 2.24) is 14.8 Å². The number of hydrogen-bond donors (Lipinski definition) is 1. The molecule has 3 amide bonds. The fourth-order valence-electron chi connectivity index (χ4n) is 4.84. The third-order valence-electron chi connectivity index (χ3n) is 6.69. The molecule has 0 aliphatic carbocycles. The molecule has 174 valence electrons. The van der Waals surface area contributed by atoms with E-state index in [1.807, 2.05) is 24.5 Å². The number of aryl methyl sites for hydroxylation is 1. The maximum atomic E-state index is 13.4. The van der Waals surface area contributed by atoms with E-state index in [1.54, 1.807) is 36.4 Å². The number of nitrogens with one attached hydrogen (secondary N) is 1. The molecule has 2 aliphatic heterocycles. The fourth-order valence-corrected chi connectivity index (χ4v) is 4.84. The average molecular weight is 461 g/mol. The van der Waals surface area contributed by atoms with E-state index in [4.69, 9.17) is 4.74 Å². The highest BCUT2D eigenvalue weighted by Crippen LogP contribution is 2.41. The summed E-state index contributed by atoms with van der Waals surface area (Å²) >= 11 is 0. The van der Waals surface area contributed by atoms with Crippen molar-refractivity contribution in [2.24, 2.45) is 0 Å². The standard InChI is InChI=1S/C26H24FN3O4/c1-16-13-20(17(2)29(16)14-18-7-9-19(27)10-8-18)22(31)15-30-24(32)26(28-25(30)33)11-12-34-23-6-4-3-5-21(23)26/h3-10,13H,11-12,14-15H2,1-2H3,(H,28,33)/t26-/m0/s1. The largest absolute Gasteiger partial charge is 0.493 e. The number of halogens is 1. The Labute approximate surface area is 196 Å². The fraction of sp³-hybridized carbons (Fsp3) is 0.269. The molecule has 34 heavy (non-hydrogen) atoms. The third kappa shape index (κ3) is 3.46. The van der Waals surface area contributed by atoms with Crippen LogP contribution in [0.15, 0.2) is 54.6 Å². The van der Waals surface area contributed by atoms with Gasteiger partial charge in [-0.25, -0.2) is 9.18 Å². The van der Waals surface area contributed by atoms with Crippen LogP contribution in [0.2, 0.25) is 0 Å². The van der Waals surface area contributed by atoms with E-state index in [0.29, 0.717) is 29.8 Å². The molecule has 7 nitrogen and oxygen atoms in total. The molecule has 1 saturated heterocycles. The first kappa shape index (κ1) is 21.9. The molecule has 2 aromatic carbocycles. The molecule has 3 heterocycles. The molecule has 8 heteroatoms. The van der Waals surface area contributed by atoms with Gasteiger partial charge >= 0.3 is 6.03 Å². The van der Waals surface area contributed by atoms with Gasteiger partial charge in [0.2, 0.25) is 0 Å². The quantitative estimate of drug-likeness (QED) is 0.464. The maximum absolute atomic E-state index is 13.4. The number of nitrogens with zero attached hydrogens (tertiary/aromatic N) is 2. The van der Waals surface area contributed by atoms with E-state index >= 15 is 0 Å². The number of ketones is 1. The summed E-state index contributed by atoms with van der Waals surface area (Å²) in [6, 6.07) is 14.5. The lowest BCUT2D eigenvalue weighted by molar-refractivity contribution is -0.132. The van der Waals surface area contributed by atoms with E-state index in [2.05, 4.69) is 5.32 Å². The van der Waals surface area contributed by atoms with Crippen molar-refractivity contribution < 1.29 is 23.5 Å². The number of para-hydroxylation sites is 1. The monoisotopic (exact) mass is 461 g/mol. The minimum absolute atomic E-state index is 0.287. The van der Waals surface area contributed by atoms with Gasteiger partial charge in [-0.15, -0.1) is 0 Å². The molecule has 1 spiro atoms. The lowest BCUT2D eigenvalue weighted by Gasteiger charge is -2.33. The number of carbonyl (C=O) groups excluding carboxylic acids is 3. The minimum atomic E-state index is -1.22. The number of aromatic nitrogens is 1. The lowest BCUT2D eigenvalue weighted by atomic mass is 9.84. The van der Waals surface area contributed by atoms with Gasteiger partial charge in [0, 0.05) is 35.5 Å². The van der Waals surface area contributed by atoms with Crippen LogP contribution in [0.4, 0.5) is 9.18 Å². The number of hydrogen-bond acceptors (Lipinski definition) is 4. The summed E-state index contributed by atoms with van der Waals surface area (Å²) in [5, 5.41) is 2.82. The van der Waals surface area contributed by atoms with Crippen LogP contribution in [-0.2, 0) is 16.9 Å². The maximum Gasteiger partial charge on any atom is 0.325 e. The first-order valence-corrected chi connectivity index (χ1v) is 11.1. The molecule has 0 saturated carbocycles. The van der Waals surface area contributed by atoms with Crippen LogP contribution in [0.25, 0.3) is 0 Å². The molecule has 1 fully saturated rings. The summed E-state index contributed by atoms with van der Waals surface area (Å²) in [6.07, 6.45) is 0.297. The Bertz CT molecular complexity index is 1310. The number of carbonyl (C=O) groups is 3. The van der Waals surface area contributed by atoms with Gasteiger partial charge in [0.25, 0.3) is 5.91 Å². The van der Waals surface area contributed by atoms with E-state index < -0.39 is 17.5 Å². The van der Waals surface area contributed by atoms with E-state index in [1.165, 1.54) is 12.1 Å². The van der Waals surface area contributed by atoms with Crippen molar-refractivity contribution in [3.8, 4) is 5.75 Å². The van der Waals surface area contributed by atoms with Gasteiger partial charge < -0.3 is 14.6 Å². The average Bonchev–Trinajstić information content (AvgIpc) is 3.23. The van der Waals surface area contributed by atoms with Gasteiger partial charge in [-0.3, -0.25) is 14.5 Å². The normalized spacial score (nSPS) is 19.2.